The van der Waals surface area contributed by atoms with Crippen molar-refractivity contribution in [2.24, 2.45) is 0 Å². The Labute approximate surface area is 109 Å². The van der Waals surface area contributed by atoms with E-state index in [1.165, 1.54) is 12.3 Å². The van der Waals surface area contributed by atoms with Crippen molar-refractivity contribution in [1.29, 1.82) is 0 Å². The molecule has 0 saturated carbocycles. The number of benzene rings is 1. The second kappa shape index (κ2) is 5.07. The van der Waals surface area contributed by atoms with E-state index in [2.05, 4.69) is 20.9 Å². The Morgan fingerprint density at radius 3 is 2.56 bits per heavy atom. The summed E-state index contributed by atoms with van der Waals surface area (Å²) in [5, 5.41) is 9.99. The van der Waals surface area contributed by atoms with E-state index in [4.69, 9.17) is 0 Å². The van der Waals surface area contributed by atoms with Crippen LogP contribution >= 0.6 is 15.9 Å². The van der Waals surface area contributed by atoms with Crippen molar-refractivity contribution in [1.82, 2.24) is 4.98 Å². The van der Waals surface area contributed by atoms with Crippen molar-refractivity contribution in [2.75, 3.05) is 0 Å². The molecule has 1 aromatic carbocycles. The molecule has 1 aromatic heterocycles. The van der Waals surface area contributed by atoms with Crippen LogP contribution in [0.1, 0.15) is 17.2 Å². The van der Waals surface area contributed by atoms with Gasteiger partial charge in [0.25, 0.3) is 0 Å². The fourth-order valence-electron chi connectivity index (χ4n) is 1.51. The number of halogens is 4. The molecule has 2 nitrogen and oxygen atoms in total. The van der Waals surface area contributed by atoms with Crippen LogP contribution in [0, 0.1) is 17.5 Å². The molecule has 0 radical (unpaired) electrons. The van der Waals surface area contributed by atoms with E-state index in [0.29, 0.717) is 0 Å². The average Bonchev–Trinajstić information content (AvgIpc) is 2.35. The van der Waals surface area contributed by atoms with Gasteiger partial charge in [0.1, 0.15) is 11.9 Å². The number of hydrogen-bond acceptors (Lipinski definition) is 2. The fraction of sp³-hybridized carbons (Fsp3) is 0.0833. The van der Waals surface area contributed by atoms with Crippen LogP contribution in [0.4, 0.5) is 13.2 Å². The zero-order valence-corrected chi connectivity index (χ0v) is 10.5. The third kappa shape index (κ3) is 2.39. The summed E-state index contributed by atoms with van der Waals surface area (Å²) in [6.07, 6.45) is 0.940. The van der Waals surface area contributed by atoms with Crippen LogP contribution in [0.3, 0.4) is 0 Å². The second-order valence-corrected chi connectivity index (χ2v) is 4.40. The number of aliphatic hydroxyl groups excluding tert-OH is 1. The van der Waals surface area contributed by atoms with Crippen molar-refractivity contribution >= 4 is 15.9 Å². The predicted molar refractivity (Wildman–Crippen MR) is 62.3 cm³/mol. The second-order valence-electron chi connectivity index (χ2n) is 3.60. The van der Waals surface area contributed by atoms with Crippen molar-refractivity contribution < 1.29 is 18.3 Å². The smallest absolute Gasteiger partial charge is 0.173 e. The Morgan fingerprint density at radius 1 is 1.17 bits per heavy atom. The van der Waals surface area contributed by atoms with E-state index >= 15 is 0 Å². The highest BCUT2D eigenvalue weighted by atomic mass is 79.9. The lowest BCUT2D eigenvalue weighted by atomic mass is 10.0. The van der Waals surface area contributed by atoms with E-state index in [-0.39, 0.29) is 15.6 Å². The Balaban J connectivity index is 2.46. The molecule has 0 aliphatic heterocycles. The molecule has 1 N–H and O–H groups in total. The van der Waals surface area contributed by atoms with Crippen LogP contribution in [0.15, 0.2) is 35.1 Å². The van der Waals surface area contributed by atoms with E-state index < -0.39 is 23.6 Å². The van der Waals surface area contributed by atoms with Gasteiger partial charge in [-0.25, -0.2) is 13.2 Å². The maximum Gasteiger partial charge on any atom is 0.173 e. The maximum atomic E-state index is 13.3. The maximum absolute atomic E-state index is 13.3. The highest BCUT2D eigenvalue weighted by Crippen LogP contribution is 2.31. The van der Waals surface area contributed by atoms with Gasteiger partial charge in [-0.05, 0) is 28.1 Å². The Hall–Kier alpha value is -1.40. The molecule has 2 aromatic rings. The third-order valence-corrected chi connectivity index (χ3v) is 3.21. The minimum absolute atomic E-state index is 0.0984. The molecule has 94 valence electrons. The van der Waals surface area contributed by atoms with Gasteiger partial charge in [-0.1, -0.05) is 6.07 Å². The van der Waals surface area contributed by atoms with Gasteiger partial charge < -0.3 is 5.11 Å². The van der Waals surface area contributed by atoms with Crippen molar-refractivity contribution in [3.8, 4) is 0 Å². The van der Waals surface area contributed by atoms with Crippen LogP contribution in [0.5, 0.6) is 0 Å². The van der Waals surface area contributed by atoms with Crippen molar-refractivity contribution in [3.63, 3.8) is 0 Å². The number of aliphatic hydroxyl groups is 1. The molecule has 0 saturated heterocycles. The topological polar surface area (TPSA) is 33.1 Å². The molecule has 0 bridgehead atoms. The highest BCUT2D eigenvalue weighted by Gasteiger charge is 2.19. The molecule has 0 fully saturated rings. The summed E-state index contributed by atoms with van der Waals surface area (Å²) >= 11 is 2.86. The lowest BCUT2D eigenvalue weighted by Crippen LogP contribution is -2.04. The van der Waals surface area contributed by atoms with Crippen LogP contribution in [-0.4, -0.2) is 10.1 Å². The zero-order valence-electron chi connectivity index (χ0n) is 8.87. The first kappa shape index (κ1) is 13.0. The van der Waals surface area contributed by atoms with E-state index in [1.54, 1.807) is 0 Å². The van der Waals surface area contributed by atoms with Gasteiger partial charge in [0.15, 0.2) is 11.6 Å². The molecule has 0 spiro atoms. The molecule has 0 aliphatic rings. The normalized spacial score (nSPS) is 12.5. The summed E-state index contributed by atoms with van der Waals surface area (Å²) < 4.78 is 39.0. The minimum atomic E-state index is -1.29. The first-order valence-corrected chi connectivity index (χ1v) is 5.72. The van der Waals surface area contributed by atoms with Crippen LogP contribution < -0.4 is 0 Å². The minimum Gasteiger partial charge on any atom is -0.384 e. The van der Waals surface area contributed by atoms with Gasteiger partial charge in [-0.2, -0.15) is 0 Å². The number of rotatable bonds is 2. The highest BCUT2D eigenvalue weighted by molar-refractivity contribution is 9.10. The SMILES string of the molecule is OC(c1cncc(F)c1)c1ccc(F)c(F)c1Br. The van der Waals surface area contributed by atoms with Gasteiger partial charge in [-0.3, -0.25) is 4.98 Å². The molecule has 18 heavy (non-hydrogen) atoms. The third-order valence-electron chi connectivity index (χ3n) is 2.40. The molecular weight excluding hydrogens is 311 g/mol. The van der Waals surface area contributed by atoms with Crippen LogP contribution in [0.25, 0.3) is 0 Å². The van der Waals surface area contributed by atoms with Gasteiger partial charge in [0, 0.05) is 17.3 Å². The average molecular weight is 318 g/mol. The summed E-state index contributed by atoms with van der Waals surface area (Å²) in [7, 11) is 0. The molecule has 0 aliphatic carbocycles. The number of pyridine rings is 1. The monoisotopic (exact) mass is 317 g/mol. The summed E-state index contributed by atoms with van der Waals surface area (Å²) in [4.78, 5) is 3.58. The molecule has 0 amide bonds. The van der Waals surface area contributed by atoms with Crippen molar-refractivity contribution in [3.05, 3.63) is 63.6 Å². The van der Waals surface area contributed by atoms with Gasteiger partial charge in [0.2, 0.25) is 0 Å². The summed E-state index contributed by atoms with van der Waals surface area (Å²) in [5.74, 6) is -2.75. The Kier molecular flexibility index (Phi) is 3.68. The lowest BCUT2D eigenvalue weighted by molar-refractivity contribution is 0.217. The molecule has 6 heteroatoms. The van der Waals surface area contributed by atoms with E-state index in [9.17, 15) is 18.3 Å². The lowest BCUT2D eigenvalue weighted by Gasteiger charge is -2.13. The van der Waals surface area contributed by atoms with E-state index in [0.717, 1.165) is 18.3 Å². The van der Waals surface area contributed by atoms with Crippen molar-refractivity contribution in [2.45, 2.75) is 6.10 Å². The quantitative estimate of drug-likeness (QED) is 0.862. The standard InChI is InChI=1S/C12H7BrF3NO/c13-10-8(1-2-9(15)11(10)16)12(18)6-3-7(14)5-17-4-6/h1-5,12,18H. The van der Waals surface area contributed by atoms with E-state index in [1.807, 2.05) is 0 Å². The summed E-state index contributed by atoms with van der Waals surface area (Å²) in [6, 6.07) is 3.19. The summed E-state index contributed by atoms with van der Waals surface area (Å²) in [6.45, 7) is 0. The summed E-state index contributed by atoms with van der Waals surface area (Å²) in [5.41, 5.74) is 0.253. The zero-order chi connectivity index (χ0) is 13.3. The Morgan fingerprint density at radius 2 is 1.89 bits per heavy atom. The van der Waals surface area contributed by atoms with Gasteiger partial charge in [-0.15, -0.1) is 0 Å². The van der Waals surface area contributed by atoms with Crippen LogP contribution in [-0.2, 0) is 0 Å². The fourth-order valence-corrected chi connectivity index (χ4v) is 2.05. The number of nitrogens with zero attached hydrogens (tertiary/aromatic N) is 1. The number of hydrogen-bond donors (Lipinski definition) is 1. The molecule has 1 atom stereocenters. The molecule has 1 heterocycles. The van der Waals surface area contributed by atoms with Crippen LogP contribution in [0.2, 0.25) is 0 Å². The predicted octanol–water partition coefficient (Wildman–Crippen LogP) is 3.34. The van der Waals surface area contributed by atoms with Gasteiger partial charge in [0.05, 0.1) is 10.7 Å². The molecule has 2 rings (SSSR count). The Bertz CT molecular complexity index is 592. The first-order valence-electron chi connectivity index (χ1n) is 4.92. The first-order chi connectivity index (χ1) is 8.50. The van der Waals surface area contributed by atoms with Gasteiger partial charge >= 0.3 is 0 Å². The molecule has 1 unspecified atom stereocenters. The molecular formula is C12H7BrF3NO. The largest absolute Gasteiger partial charge is 0.384 e. The number of aromatic nitrogens is 1.